The smallest absolute Gasteiger partial charge is 0.321 e. The number of hydrogen-bond donors (Lipinski definition) is 2. The maximum absolute atomic E-state index is 11.9. The highest BCUT2D eigenvalue weighted by Gasteiger charge is 2.40. The number of urea groups is 1. The largest absolute Gasteiger partial charge is 0.337 e. The molecule has 2 atom stereocenters. The van der Waals surface area contributed by atoms with Gasteiger partial charge in [0.2, 0.25) is 5.91 Å². The van der Waals surface area contributed by atoms with Gasteiger partial charge in [-0.05, 0) is 18.3 Å². The van der Waals surface area contributed by atoms with Crippen molar-refractivity contribution in [1.29, 1.82) is 0 Å². The summed E-state index contributed by atoms with van der Waals surface area (Å²) in [5, 5.41) is 5.12. The summed E-state index contributed by atoms with van der Waals surface area (Å²) in [6.45, 7) is 6.97. The molecule has 0 bridgehead atoms. The zero-order valence-corrected chi connectivity index (χ0v) is 11.8. The van der Waals surface area contributed by atoms with Crippen LogP contribution < -0.4 is 10.6 Å². The zero-order valence-electron chi connectivity index (χ0n) is 11.8. The van der Waals surface area contributed by atoms with E-state index in [-0.39, 0.29) is 23.3 Å². The molecule has 1 aliphatic rings. The molecule has 104 valence electrons. The van der Waals surface area contributed by atoms with Crippen LogP contribution in [-0.4, -0.2) is 18.5 Å². The van der Waals surface area contributed by atoms with Gasteiger partial charge in [0.05, 0.1) is 5.92 Å². The van der Waals surface area contributed by atoms with Gasteiger partial charge in [0.15, 0.2) is 0 Å². The standard InChI is InChI=1S/C14H26N2O2/c1-4-6-7-8-9-14(3,5-2)11-10-15-13(18)16-12(11)17/h11H,4-10H2,1-3H3,(H2,15,16,17,18). The van der Waals surface area contributed by atoms with Crippen LogP contribution in [0.3, 0.4) is 0 Å². The first-order chi connectivity index (χ1) is 8.53. The molecule has 1 heterocycles. The van der Waals surface area contributed by atoms with Crippen molar-refractivity contribution >= 4 is 11.9 Å². The molecule has 0 aliphatic carbocycles. The third kappa shape index (κ3) is 3.72. The average Bonchev–Trinajstić information content (AvgIpc) is 2.34. The van der Waals surface area contributed by atoms with Crippen LogP contribution in [0.1, 0.15) is 59.3 Å². The Morgan fingerprint density at radius 3 is 2.50 bits per heavy atom. The van der Waals surface area contributed by atoms with E-state index in [0.717, 1.165) is 19.3 Å². The molecular formula is C14H26N2O2. The van der Waals surface area contributed by atoms with Crippen molar-refractivity contribution in [2.24, 2.45) is 11.3 Å². The Bertz CT molecular complexity index is 304. The molecule has 0 saturated carbocycles. The molecule has 0 aromatic heterocycles. The first-order valence-electron chi connectivity index (χ1n) is 7.12. The van der Waals surface area contributed by atoms with Gasteiger partial charge in [-0.1, -0.05) is 46.5 Å². The summed E-state index contributed by atoms with van der Waals surface area (Å²) in [6.07, 6.45) is 6.89. The summed E-state index contributed by atoms with van der Waals surface area (Å²) in [7, 11) is 0. The van der Waals surface area contributed by atoms with E-state index in [1.807, 2.05) is 0 Å². The fraction of sp³-hybridized carbons (Fsp3) is 0.857. The van der Waals surface area contributed by atoms with Crippen LogP contribution in [0.15, 0.2) is 0 Å². The van der Waals surface area contributed by atoms with Crippen molar-refractivity contribution in [1.82, 2.24) is 10.6 Å². The summed E-state index contributed by atoms with van der Waals surface area (Å²) in [5.74, 6) is -0.208. The van der Waals surface area contributed by atoms with Crippen LogP contribution in [0, 0.1) is 11.3 Å². The fourth-order valence-electron chi connectivity index (χ4n) is 2.65. The molecule has 18 heavy (non-hydrogen) atoms. The van der Waals surface area contributed by atoms with Crippen LogP contribution in [-0.2, 0) is 4.79 Å². The molecule has 0 aromatic rings. The Hall–Kier alpha value is -1.06. The lowest BCUT2D eigenvalue weighted by molar-refractivity contribution is -0.129. The number of hydrogen-bond acceptors (Lipinski definition) is 2. The molecule has 1 fully saturated rings. The first kappa shape index (κ1) is 15.0. The predicted molar refractivity (Wildman–Crippen MR) is 72.2 cm³/mol. The predicted octanol–water partition coefficient (Wildman–Crippen LogP) is 2.83. The molecule has 4 nitrogen and oxygen atoms in total. The number of unbranched alkanes of at least 4 members (excludes halogenated alkanes) is 3. The van der Waals surface area contributed by atoms with Gasteiger partial charge < -0.3 is 5.32 Å². The van der Waals surface area contributed by atoms with Gasteiger partial charge >= 0.3 is 6.03 Å². The van der Waals surface area contributed by atoms with Crippen molar-refractivity contribution in [3.05, 3.63) is 0 Å². The van der Waals surface area contributed by atoms with Crippen molar-refractivity contribution in [2.45, 2.75) is 59.3 Å². The molecule has 0 radical (unpaired) electrons. The third-order valence-corrected chi connectivity index (χ3v) is 4.27. The summed E-state index contributed by atoms with van der Waals surface area (Å²) in [5.41, 5.74) is -0.00841. The molecular weight excluding hydrogens is 228 g/mol. The number of nitrogens with one attached hydrogen (secondary N) is 2. The molecule has 0 spiro atoms. The van der Waals surface area contributed by atoms with Crippen LogP contribution >= 0.6 is 0 Å². The van der Waals surface area contributed by atoms with Crippen molar-refractivity contribution in [2.75, 3.05) is 6.54 Å². The normalized spacial score (nSPS) is 23.2. The van der Waals surface area contributed by atoms with Crippen LogP contribution in [0.5, 0.6) is 0 Å². The van der Waals surface area contributed by atoms with Gasteiger partial charge in [-0.2, -0.15) is 0 Å². The van der Waals surface area contributed by atoms with Crippen LogP contribution in [0.25, 0.3) is 0 Å². The average molecular weight is 254 g/mol. The van der Waals surface area contributed by atoms with E-state index in [9.17, 15) is 9.59 Å². The molecule has 0 aromatic carbocycles. The second kappa shape index (κ2) is 6.76. The molecule has 1 rings (SSSR count). The van der Waals surface area contributed by atoms with E-state index >= 15 is 0 Å². The Balaban J connectivity index is 2.56. The van der Waals surface area contributed by atoms with E-state index in [4.69, 9.17) is 0 Å². The maximum Gasteiger partial charge on any atom is 0.321 e. The Morgan fingerprint density at radius 2 is 1.94 bits per heavy atom. The summed E-state index contributed by atoms with van der Waals surface area (Å²) < 4.78 is 0. The monoisotopic (exact) mass is 254 g/mol. The number of carbonyl (C=O) groups excluding carboxylic acids is 2. The molecule has 1 saturated heterocycles. The summed E-state index contributed by atoms with van der Waals surface area (Å²) in [6, 6.07) is -0.360. The Labute approximate surface area is 110 Å². The first-order valence-corrected chi connectivity index (χ1v) is 7.12. The van der Waals surface area contributed by atoms with Gasteiger partial charge in [-0.25, -0.2) is 4.79 Å². The van der Waals surface area contributed by atoms with E-state index in [1.165, 1.54) is 19.3 Å². The van der Waals surface area contributed by atoms with Crippen molar-refractivity contribution in [3.8, 4) is 0 Å². The van der Waals surface area contributed by atoms with Gasteiger partial charge in [-0.3, -0.25) is 10.1 Å². The molecule has 2 N–H and O–H groups in total. The second-order valence-electron chi connectivity index (χ2n) is 5.57. The van der Waals surface area contributed by atoms with Gasteiger partial charge in [0.1, 0.15) is 0 Å². The highest BCUT2D eigenvalue weighted by Crippen LogP contribution is 2.37. The minimum absolute atomic E-state index is 0.00841. The lowest BCUT2D eigenvalue weighted by Crippen LogP contribution is -2.56. The van der Waals surface area contributed by atoms with Gasteiger partial charge in [0, 0.05) is 6.54 Å². The number of rotatable bonds is 7. The van der Waals surface area contributed by atoms with Crippen molar-refractivity contribution < 1.29 is 9.59 Å². The minimum Gasteiger partial charge on any atom is -0.337 e. The topological polar surface area (TPSA) is 58.2 Å². The molecule has 3 amide bonds. The SMILES string of the molecule is CCCCCCC(C)(CC)C1CNC(=O)NC1=O. The summed E-state index contributed by atoms with van der Waals surface area (Å²) >= 11 is 0. The van der Waals surface area contributed by atoms with Gasteiger partial charge in [0.25, 0.3) is 0 Å². The van der Waals surface area contributed by atoms with Gasteiger partial charge in [-0.15, -0.1) is 0 Å². The molecule has 2 unspecified atom stereocenters. The maximum atomic E-state index is 11.9. The number of carbonyl (C=O) groups is 2. The van der Waals surface area contributed by atoms with Crippen LogP contribution in [0.4, 0.5) is 4.79 Å². The minimum atomic E-state index is -0.360. The quantitative estimate of drug-likeness (QED) is 0.686. The van der Waals surface area contributed by atoms with E-state index in [2.05, 4.69) is 31.4 Å². The second-order valence-corrected chi connectivity index (χ2v) is 5.57. The highest BCUT2D eigenvalue weighted by molar-refractivity contribution is 5.98. The lowest BCUT2D eigenvalue weighted by Gasteiger charge is -2.38. The zero-order chi connectivity index (χ0) is 13.6. The molecule has 4 heteroatoms. The Morgan fingerprint density at radius 1 is 1.22 bits per heavy atom. The third-order valence-electron chi connectivity index (χ3n) is 4.27. The van der Waals surface area contributed by atoms with E-state index in [1.54, 1.807) is 0 Å². The lowest BCUT2D eigenvalue weighted by atomic mass is 9.70. The van der Waals surface area contributed by atoms with E-state index < -0.39 is 0 Å². The number of amides is 3. The fourth-order valence-corrected chi connectivity index (χ4v) is 2.65. The highest BCUT2D eigenvalue weighted by atomic mass is 16.2. The Kier molecular flexibility index (Phi) is 5.63. The molecule has 1 aliphatic heterocycles. The van der Waals surface area contributed by atoms with Crippen molar-refractivity contribution in [3.63, 3.8) is 0 Å². The van der Waals surface area contributed by atoms with E-state index in [0.29, 0.717) is 6.54 Å². The summed E-state index contributed by atoms with van der Waals surface area (Å²) in [4.78, 5) is 23.0. The van der Waals surface area contributed by atoms with Crippen LogP contribution in [0.2, 0.25) is 0 Å². The number of imide groups is 1.